The normalized spacial score (nSPS) is 13.1. The van der Waals surface area contributed by atoms with Gasteiger partial charge in [-0.15, -0.1) is 0 Å². The summed E-state index contributed by atoms with van der Waals surface area (Å²) in [5.41, 5.74) is 0. The molecule has 0 nitrogen and oxygen atoms in total. The fourth-order valence-electron chi connectivity index (χ4n) is 2.19. The molecule has 0 aliphatic carbocycles. The predicted molar refractivity (Wildman–Crippen MR) is 74.8 cm³/mol. The van der Waals surface area contributed by atoms with E-state index in [4.69, 9.17) is 0 Å². The Labute approximate surface area is 101 Å². The molecule has 0 amide bonds. The topological polar surface area (TPSA) is 0 Å². The molecule has 0 atom stereocenters. The van der Waals surface area contributed by atoms with Crippen molar-refractivity contribution in [2.24, 2.45) is 0 Å². The number of rotatable bonds is 8. The van der Waals surface area contributed by atoms with Crippen LogP contribution in [0.5, 0.6) is 0 Å². The van der Waals surface area contributed by atoms with Gasteiger partial charge in [-0.05, 0) is 0 Å². The van der Waals surface area contributed by atoms with Crippen LogP contribution in [0.1, 0.15) is 53.4 Å². The summed E-state index contributed by atoms with van der Waals surface area (Å²) in [5.74, 6) is 0. The van der Waals surface area contributed by atoms with Crippen molar-refractivity contribution in [3.8, 4) is 0 Å². The number of hydrogen-bond acceptors (Lipinski definition) is 0. The summed E-state index contributed by atoms with van der Waals surface area (Å²) in [5, 5.41) is 0. The van der Waals surface area contributed by atoms with Crippen LogP contribution in [-0.2, 0) is 0 Å². The molecule has 0 N–H and O–H groups in total. The molecule has 0 aromatic heterocycles. The molecule has 0 heterocycles. The minimum atomic E-state index is -1.99. The van der Waals surface area contributed by atoms with Gasteiger partial charge in [0.25, 0.3) is 0 Å². The number of hydrogen-bond donors (Lipinski definition) is 0. The Bertz CT molecular complexity index is 170. The molecule has 0 radical (unpaired) electrons. The molecule has 1 heteroatoms. The Kier molecular flexibility index (Phi) is 9.68. The first-order valence-corrected chi connectivity index (χ1v) is 13.9. The van der Waals surface area contributed by atoms with Gasteiger partial charge in [0, 0.05) is 0 Å². The van der Waals surface area contributed by atoms with Gasteiger partial charge >= 0.3 is 101 Å². The van der Waals surface area contributed by atoms with Gasteiger partial charge in [-0.25, -0.2) is 0 Å². The van der Waals surface area contributed by atoms with Crippen molar-refractivity contribution in [3.05, 3.63) is 20.3 Å². The van der Waals surface area contributed by atoms with Crippen molar-refractivity contribution in [2.75, 3.05) is 0 Å². The molecule has 0 fully saturated rings. The Balaban J connectivity index is 4.55. The molecule has 0 rings (SSSR count). The van der Waals surface area contributed by atoms with Crippen LogP contribution in [0.25, 0.3) is 0 Å². The molecular weight excluding hydrogens is 287 g/mol. The van der Waals surface area contributed by atoms with Crippen LogP contribution in [0.2, 0.25) is 8.87 Å². The van der Waals surface area contributed by atoms with Gasteiger partial charge in [-0.2, -0.15) is 0 Å². The van der Waals surface area contributed by atoms with Gasteiger partial charge in [-0.3, -0.25) is 0 Å². The summed E-state index contributed by atoms with van der Waals surface area (Å²) in [7, 11) is 0. The Morgan fingerprint density at radius 3 is 1.47 bits per heavy atom. The van der Waals surface area contributed by atoms with Crippen molar-refractivity contribution in [2.45, 2.75) is 62.3 Å². The standard InChI is InChI=1S/2C4H9.2C3H5.Sn/c2*1-3-4-2;2*1-3-2;/h2*1,3-4H2,2H3;2*1,3H,2H3;. The maximum atomic E-state index is 2.61. The third kappa shape index (κ3) is 6.44. The van der Waals surface area contributed by atoms with E-state index in [9.17, 15) is 0 Å². The van der Waals surface area contributed by atoms with Crippen LogP contribution in [0, 0.1) is 0 Å². The van der Waals surface area contributed by atoms with Gasteiger partial charge in [0.05, 0.1) is 0 Å². The van der Waals surface area contributed by atoms with Gasteiger partial charge in [0.1, 0.15) is 0 Å². The van der Waals surface area contributed by atoms with E-state index in [1.165, 1.54) is 34.6 Å². The van der Waals surface area contributed by atoms with Crippen LogP contribution in [0.3, 0.4) is 0 Å². The van der Waals surface area contributed by atoms with Crippen molar-refractivity contribution in [1.29, 1.82) is 0 Å². The molecule has 0 aromatic rings. The van der Waals surface area contributed by atoms with Crippen molar-refractivity contribution in [1.82, 2.24) is 0 Å². The van der Waals surface area contributed by atoms with Crippen molar-refractivity contribution >= 4 is 18.4 Å². The SMILES string of the molecule is C/C=[CH]\[Sn](/[CH]=C\C)([CH2]CCC)[CH2]CCC. The summed E-state index contributed by atoms with van der Waals surface area (Å²) >= 11 is -1.99. The molecular formula is C14H28Sn. The summed E-state index contributed by atoms with van der Waals surface area (Å²) in [6, 6.07) is 0. The van der Waals surface area contributed by atoms with E-state index in [0.29, 0.717) is 0 Å². The van der Waals surface area contributed by atoms with Gasteiger partial charge < -0.3 is 0 Å². The molecule has 0 aliphatic rings. The van der Waals surface area contributed by atoms with Gasteiger partial charge in [-0.1, -0.05) is 0 Å². The quantitative estimate of drug-likeness (QED) is 0.536. The van der Waals surface area contributed by atoms with E-state index < -0.39 is 18.4 Å². The van der Waals surface area contributed by atoms with Crippen LogP contribution in [-0.4, -0.2) is 18.4 Å². The minimum absolute atomic E-state index is 1.35. The van der Waals surface area contributed by atoms with E-state index in [1.54, 1.807) is 0 Å². The van der Waals surface area contributed by atoms with Crippen molar-refractivity contribution < 1.29 is 0 Å². The first-order chi connectivity index (χ1) is 7.24. The van der Waals surface area contributed by atoms with Crippen molar-refractivity contribution in [3.63, 3.8) is 0 Å². The second-order valence-electron chi connectivity index (χ2n) is 4.44. The third-order valence-electron chi connectivity index (χ3n) is 2.99. The second kappa shape index (κ2) is 9.50. The monoisotopic (exact) mass is 316 g/mol. The van der Waals surface area contributed by atoms with Crippen LogP contribution in [0.15, 0.2) is 20.3 Å². The Morgan fingerprint density at radius 2 is 1.20 bits per heavy atom. The molecule has 0 aromatic carbocycles. The number of unbranched alkanes of at least 4 members (excludes halogenated alkanes) is 2. The summed E-state index contributed by atoms with van der Waals surface area (Å²) in [6.45, 7) is 8.99. The summed E-state index contributed by atoms with van der Waals surface area (Å²) < 4.78 is 8.25. The molecule has 0 saturated carbocycles. The second-order valence-corrected chi connectivity index (χ2v) is 16.2. The zero-order valence-electron chi connectivity index (χ0n) is 11.1. The van der Waals surface area contributed by atoms with Crippen LogP contribution < -0.4 is 0 Å². The maximum absolute atomic E-state index is 2.61. The molecule has 0 aliphatic heterocycles. The van der Waals surface area contributed by atoms with E-state index in [0.717, 1.165) is 0 Å². The first-order valence-electron chi connectivity index (χ1n) is 6.52. The Hall–Kier alpha value is 0.279. The van der Waals surface area contributed by atoms with E-state index in [-0.39, 0.29) is 0 Å². The molecule has 0 unspecified atom stereocenters. The van der Waals surface area contributed by atoms with E-state index in [2.05, 4.69) is 48.0 Å². The fraction of sp³-hybridized carbons (Fsp3) is 0.714. The fourth-order valence-corrected chi connectivity index (χ4v) is 14.7. The molecule has 15 heavy (non-hydrogen) atoms. The van der Waals surface area contributed by atoms with Gasteiger partial charge in [0.15, 0.2) is 0 Å². The third-order valence-corrected chi connectivity index (χ3v) is 16.0. The van der Waals surface area contributed by atoms with Crippen LogP contribution >= 0.6 is 0 Å². The van der Waals surface area contributed by atoms with Gasteiger partial charge in [0.2, 0.25) is 0 Å². The molecule has 88 valence electrons. The first kappa shape index (κ1) is 15.3. The average molecular weight is 315 g/mol. The molecule has 0 bridgehead atoms. The summed E-state index contributed by atoms with van der Waals surface area (Å²) in [4.78, 5) is 0. The van der Waals surface area contributed by atoms with E-state index >= 15 is 0 Å². The predicted octanol–water partition coefficient (Wildman–Crippen LogP) is 5.27. The zero-order valence-corrected chi connectivity index (χ0v) is 13.9. The summed E-state index contributed by atoms with van der Waals surface area (Å²) in [6.07, 6.45) is 10.2. The average Bonchev–Trinajstić information content (AvgIpc) is 2.24. The number of allylic oxidation sites excluding steroid dienone is 2. The molecule has 0 spiro atoms. The van der Waals surface area contributed by atoms with E-state index in [1.807, 2.05) is 0 Å². The van der Waals surface area contributed by atoms with Crippen LogP contribution in [0.4, 0.5) is 0 Å². The Morgan fingerprint density at radius 1 is 0.800 bits per heavy atom. The molecule has 0 saturated heterocycles. The zero-order chi connectivity index (χ0) is 11.6.